The monoisotopic (exact) mass is 306 g/mol. The molecule has 1 aromatic carbocycles. The van der Waals surface area contributed by atoms with Crippen LogP contribution < -0.4 is 4.90 Å². The van der Waals surface area contributed by atoms with Crippen LogP contribution in [0.25, 0.3) is 22.2 Å². The van der Waals surface area contributed by atoms with Crippen molar-refractivity contribution in [3.05, 3.63) is 54.9 Å². The zero-order valence-corrected chi connectivity index (χ0v) is 13.9. The number of nitrogens with zero attached hydrogens (tertiary/aromatic N) is 4. The molecule has 0 amide bonds. The maximum absolute atomic E-state index is 4.55. The van der Waals surface area contributed by atoms with E-state index in [4.69, 9.17) is 0 Å². The molecule has 3 aromatic rings. The van der Waals surface area contributed by atoms with Crippen LogP contribution in [0, 0.1) is 0 Å². The highest BCUT2D eigenvalue weighted by molar-refractivity contribution is 5.81. The van der Waals surface area contributed by atoms with Gasteiger partial charge < -0.3 is 9.80 Å². The lowest BCUT2D eigenvalue weighted by Crippen LogP contribution is -2.28. The summed E-state index contributed by atoms with van der Waals surface area (Å²) in [5, 5.41) is 1.07. The van der Waals surface area contributed by atoms with Crippen LogP contribution in [0.3, 0.4) is 0 Å². The fraction of sp³-hybridized carbons (Fsp3) is 0.263. The van der Waals surface area contributed by atoms with E-state index in [1.807, 2.05) is 30.6 Å². The molecule has 0 spiro atoms. The quantitative estimate of drug-likeness (QED) is 0.724. The maximum Gasteiger partial charge on any atom is 0.0739 e. The molecule has 0 saturated heterocycles. The highest BCUT2D eigenvalue weighted by Crippen LogP contribution is 2.23. The maximum atomic E-state index is 4.55. The van der Waals surface area contributed by atoms with Crippen LogP contribution in [0.1, 0.15) is 0 Å². The van der Waals surface area contributed by atoms with Crippen LogP contribution in [0.4, 0.5) is 5.69 Å². The Bertz CT molecular complexity index is 781. The molecule has 0 bridgehead atoms. The van der Waals surface area contributed by atoms with Crippen LogP contribution >= 0.6 is 0 Å². The van der Waals surface area contributed by atoms with E-state index in [1.165, 1.54) is 5.69 Å². The zero-order chi connectivity index (χ0) is 16.2. The summed E-state index contributed by atoms with van der Waals surface area (Å²) >= 11 is 0. The van der Waals surface area contributed by atoms with Gasteiger partial charge in [0.2, 0.25) is 0 Å². The first kappa shape index (κ1) is 15.4. The molecule has 0 saturated carbocycles. The molecule has 0 atom stereocenters. The van der Waals surface area contributed by atoms with Gasteiger partial charge in [-0.15, -0.1) is 0 Å². The van der Waals surface area contributed by atoms with Crippen molar-refractivity contribution in [2.24, 2.45) is 0 Å². The molecule has 3 rings (SSSR count). The Labute approximate surface area is 137 Å². The molecule has 2 aromatic heterocycles. The van der Waals surface area contributed by atoms with Gasteiger partial charge in [0.25, 0.3) is 0 Å². The minimum atomic E-state index is 0.957. The summed E-state index contributed by atoms with van der Waals surface area (Å²) in [5.41, 5.74) is 4.26. The van der Waals surface area contributed by atoms with Crippen LogP contribution in [0.2, 0.25) is 0 Å². The summed E-state index contributed by atoms with van der Waals surface area (Å²) in [6, 6.07) is 14.5. The standard InChI is InChI=1S/C19H22N4/c1-22(2)11-12-23(3)17-8-6-15(7-9-17)18-13-19-16(14-21-18)5-4-10-20-19/h4-10,13-14H,11-12H2,1-3H3. The molecule has 118 valence electrons. The Morgan fingerprint density at radius 2 is 1.70 bits per heavy atom. The first-order valence-electron chi connectivity index (χ1n) is 7.80. The van der Waals surface area contributed by atoms with E-state index in [-0.39, 0.29) is 0 Å². The Morgan fingerprint density at radius 3 is 2.43 bits per heavy atom. The number of rotatable bonds is 5. The van der Waals surface area contributed by atoms with Crippen molar-refractivity contribution in [1.29, 1.82) is 0 Å². The summed E-state index contributed by atoms with van der Waals surface area (Å²) in [6.07, 6.45) is 3.70. The van der Waals surface area contributed by atoms with Gasteiger partial charge in [0, 0.05) is 49.2 Å². The molecule has 0 unspecified atom stereocenters. The van der Waals surface area contributed by atoms with E-state index in [1.54, 1.807) is 0 Å². The molecule has 2 heterocycles. The average Bonchev–Trinajstić information content (AvgIpc) is 2.59. The van der Waals surface area contributed by atoms with Crippen LogP contribution in [-0.2, 0) is 0 Å². The van der Waals surface area contributed by atoms with Crippen LogP contribution in [-0.4, -0.2) is 49.1 Å². The Hall–Kier alpha value is -2.46. The lowest BCUT2D eigenvalue weighted by Gasteiger charge is -2.21. The molecule has 0 fully saturated rings. The van der Waals surface area contributed by atoms with Gasteiger partial charge in [0.15, 0.2) is 0 Å². The van der Waals surface area contributed by atoms with Crippen molar-refractivity contribution in [2.45, 2.75) is 0 Å². The SMILES string of the molecule is CN(C)CCN(C)c1ccc(-c2cc3ncccc3cn2)cc1. The summed E-state index contributed by atoms with van der Waals surface area (Å²) in [7, 11) is 6.31. The predicted octanol–water partition coefficient (Wildman–Crippen LogP) is 3.29. The van der Waals surface area contributed by atoms with Crippen molar-refractivity contribution in [3.8, 4) is 11.3 Å². The van der Waals surface area contributed by atoms with Gasteiger partial charge in [-0.2, -0.15) is 0 Å². The molecule has 0 radical (unpaired) electrons. The predicted molar refractivity (Wildman–Crippen MR) is 96.8 cm³/mol. The first-order valence-corrected chi connectivity index (χ1v) is 7.80. The van der Waals surface area contributed by atoms with Gasteiger partial charge in [-0.1, -0.05) is 12.1 Å². The van der Waals surface area contributed by atoms with Crippen molar-refractivity contribution in [3.63, 3.8) is 0 Å². The van der Waals surface area contributed by atoms with Crippen molar-refractivity contribution < 1.29 is 0 Å². The van der Waals surface area contributed by atoms with Crippen LogP contribution in [0.5, 0.6) is 0 Å². The fourth-order valence-electron chi connectivity index (χ4n) is 2.49. The van der Waals surface area contributed by atoms with E-state index in [9.17, 15) is 0 Å². The lowest BCUT2D eigenvalue weighted by molar-refractivity contribution is 0.416. The lowest BCUT2D eigenvalue weighted by atomic mass is 10.1. The van der Waals surface area contributed by atoms with Crippen LogP contribution in [0.15, 0.2) is 54.9 Å². The largest absolute Gasteiger partial charge is 0.373 e. The van der Waals surface area contributed by atoms with E-state index in [0.29, 0.717) is 0 Å². The Morgan fingerprint density at radius 1 is 0.913 bits per heavy atom. The summed E-state index contributed by atoms with van der Waals surface area (Å²) in [6.45, 7) is 2.04. The van der Waals surface area contributed by atoms with Gasteiger partial charge >= 0.3 is 0 Å². The topological polar surface area (TPSA) is 32.3 Å². The number of hydrogen-bond donors (Lipinski definition) is 0. The number of aromatic nitrogens is 2. The fourth-order valence-corrected chi connectivity index (χ4v) is 2.49. The summed E-state index contributed by atoms with van der Waals surface area (Å²) < 4.78 is 0. The van der Waals surface area contributed by atoms with Gasteiger partial charge in [-0.25, -0.2) is 0 Å². The highest BCUT2D eigenvalue weighted by Gasteiger charge is 2.05. The number of likely N-dealkylation sites (N-methyl/N-ethyl adjacent to an activating group) is 2. The van der Waals surface area contributed by atoms with Gasteiger partial charge in [0.1, 0.15) is 0 Å². The number of anilines is 1. The molecular weight excluding hydrogens is 284 g/mol. The summed E-state index contributed by atoms with van der Waals surface area (Å²) in [4.78, 5) is 13.4. The highest BCUT2D eigenvalue weighted by atomic mass is 15.1. The van der Waals surface area contributed by atoms with E-state index < -0.39 is 0 Å². The molecule has 23 heavy (non-hydrogen) atoms. The second kappa shape index (κ2) is 6.75. The molecule has 0 aliphatic heterocycles. The molecule has 4 nitrogen and oxygen atoms in total. The summed E-state index contributed by atoms with van der Waals surface area (Å²) in [5.74, 6) is 0. The second-order valence-corrected chi connectivity index (χ2v) is 6.04. The van der Waals surface area contributed by atoms with E-state index >= 15 is 0 Å². The molecule has 0 aliphatic carbocycles. The number of pyridine rings is 2. The number of benzene rings is 1. The molecular formula is C19H22N4. The average molecular weight is 306 g/mol. The minimum absolute atomic E-state index is 0.957. The third-order valence-corrected chi connectivity index (χ3v) is 3.97. The third kappa shape index (κ3) is 3.66. The smallest absolute Gasteiger partial charge is 0.0739 e. The van der Waals surface area contributed by atoms with Crippen molar-refractivity contribution in [1.82, 2.24) is 14.9 Å². The Balaban J connectivity index is 1.80. The normalized spacial score (nSPS) is 11.1. The third-order valence-electron chi connectivity index (χ3n) is 3.97. The zero-order valence-electron chi connectivity index (χ0n) is 13.9. The first-order chi connectivity index (χ1) is 11.1. The Kier molecular flexibility index (Phi) is 4.53. The molecule has 0 N–H and O–H groups in total. The van der Waals surface area contributed by atoms with Gasteiger partial charge in [-0.3, -0.25) is 9.97 Å². The molecule has 0 aliphatic rings. The van der Waals surface area contributed by atoms with Crippen molar-refractivity contribution in [2.75, 3.05) is 39.1 Å². The van der Waals surface area contributed by atoms with Crippen molar-refractivity contribution >= 4 is 16.6 Å². The number of fused-ring (bicyclic) bond motifs is 1. The second-order valence-electron chi connectivity index (χ2n) is 6.04. The van der Waals surface area contributed by atoms with Gasteiger partial charge in [-0.05, 0) is 44.4 Å². The number of hydrogen-bond acceptors (Lipinski definition) is 4. The van der Waals surface area contributed by atoms with E-state index in [2.05, 4.69) is 65.2 Å². The van der Waals surface area contributed by atoms with Gasteiger partial charge in [0.05, 0.1) is 11.2 Å². The molecule has 4 heteroatoms. The minimum Gasteiger partial charge on any atom is -0.373 e. The van der Waals surface area contributed by atoms with E-state index in [0.717, 1.165) is 35.2 Å².